The molecule has 0 aliphatic rings. The summed E-state index contributed by atoms with van der Waals surface area (Å²) in [7, 11) is 0. The van der Waals surface area contributed by atoms with E-state index in [1.54, 1.807) is 30.6 Å². The second-order valence-corrected chi connectivity index (χ2v) is 7.12. The molecule has 0 unspecified atom stereocenters. The van der Waals surface area contributed by atoms with E-state index in [9.17, 15) is 9.50 Å². The van der Waals surface area contributed by atoms with E-state index >= 15 is 0 Å². The number of phenols is 1. The van der Waals surface area contributed by atoms with Crippen molar-refractivity contribution in [3.05, 3.63) is 95.4 Å². The molecule has 0 fully saturated rings. The highest BCUT2D eigenvalue weighted by atomic mass is 19.1. The molecule has 0 aliphatic carbocycles. The van der Waals surface area contributed by atoms with Gasteiger partial charge in [-0.2, -0.15) is 5.10 Å². The minimum absolute atomic E-state index is 0.0987. The number of aromatic hydroxyl groups is 1. The van der Waals surface area contributed by atoms with E-state index in [1.807, 2.05) is 18.2 Å². The fraction of sp³-hybridized carbons (Fsp3) is 0.0800. The monoisotopic (exact) mass is 397 g/mol. The molecule has 3 aromatic carbocycles. The van der Waals surface area contributed by atoms with Crippen LogP contribution in [0.3, 0.4) is 0 Å². The van der Waals surface area contributed by atoms with Crippen molar-refractivity contribution in [1.82, 2.24) is 10.2 Å². The molecule has 4 rings (SSSR count). The van der Waals surface area contributed by atoms with Crippen LogP contribution in [0.2, 0.25) is 0 Å². The summed E-state index contributed by atoms with van der Waals surface area (Å²) in [4.78, 5) is 4.33. The van der Waals surface area contributed by atoms with Crippen LogP contribution in [0.15, 0.2) is 77.9 Å². The number of aliphatic imine (C=N–C) groups is 1. The lowest BCUT2D eigenvalue weighted by Crippen LogP contribution is -1.95. The van der Waals surface area contributed by atoms with E-state index in [1.165, 1.54) is 17.7 Å². The summed E-state index contributed by atoms with van der Waals surface area (Å²) >= 11 is 0. The van der Waals surface area contributed by atoms with Crippen LogP contribution >= 0.6 is 0 Å². The van der Waals surface area contributed by atoms with Gasteiger partial charge in [0, 0.05) is 22.9 Å². The third kappa shape index (κ3) is 4.10. The number of hydrogen-bond acceptors (Lipinski definition) is 4. The lowest BCUT2D eigenvalue weighted by molar-refractivity contribution is 0.474. The number of hydrogen-bond donors (Lipinski definition) is 1. The van der Waals surface area contributed by atoms with Crippen LogP contribution in [0.25, 0.3) is 22.4 Å². The SMILES string of the molecule is Cc1ccc(-c2ccnnc2-c2ccc(O)c(C=Nc3ccc(F)cc3)c2)c(C)c1. The lowest BCUT2D eigenvalue weighted by Gasteiger charge is -2.12. The Morgan fingerprint density at radius 3 is 2.47 bits per heavy atom. The van der Waals surface area contributed by atoms with Crippen LogP contribution in [0.1, 0.15) is 16.7 Å². The maximum atomic E-state index is 13.1. The molecule has 1 heterocycles. The van der Waals surface area contributed by atoms with Crippen LogP contribution in [-0.2, 0) is 0 Å². The van der Waals surface area contributed by atoms with Gasteiger partial charge in [-0.3, -0.25) is 4.99 Å². The second kappa shape index (κ2) is 8.25. The zero-order valence-corrected chi connectivity index (χ0v) is 16.7. The summed E-state index contributed by atoms with van der Waals surface area (Å²) in [6.07, 6.45) is 3.23. The molecule has 1 N–H and O–H groups in total. The van der Waals surface area contributed by atoms with Crippen molar-refractivity contribution >= 4 is 11.9 Å². The average Bonchev–Trinajstić information content (AvgIpc) is 2.74. The summed E-state index contributed by atoms with van der Waals surface area (Å²) in [6, 6.07) is 19.3. The number of rotatable bonds is 4. The Morgan fingerprint density at radius 1 is 0.900 bits per heavy atom. The van der Waals surface area contributed by atoms with E-state index in [2.05, 4.69) is 47.2 Å². The van der Waals surface area contributed by atoms with Gasteiger partial charge in [0.25, 0.3) is 0 Å². The van der Waals surface area contributed by atoms with E-state index in [4.69, 9.17) is 0 Å². The molecule has 5 heteroatoms. The highest BCUT2D eigenvalue weighted by molar-refractivity contribution is 5.89. The van der Waals surface area contributed by atoms with Gasteiger partial charge in [-0.05, 0) is 73.5 Å². The molecule has 4 aromatic rings. The molecular weight excluding hydrogens is 377 g/mol. The minimum atomic E-state index is -0.319. The molecule has 0 spiro atoms. The van der Waals surface area contributed by atoms with Gasteiger partial charge in [0.1, 0.15) is 17.3 Å². The van der Waals surface area contributed by atoms with Crippen molar-refractivity contribution < 1.29 is 9.50 Å². The fourth-order valence-electron chi connectivity index (χ4n) is 3.35. The Kier molecular flexibility index (Phi) is 5.35. The fourth-order valence-corrected chi connectivity index (χ4v) is 3.35. The Morgan fingerprint density at radius 2 is 1.70 bits per heavy atom. The molecule has 0 aliphatic heterocycles. The standard InChI is InChI=1S/C25H20FN3O/c1-16-3-9-22(17(2)13-16)23-11-12-28-29-25(23)18-4-10-24(30)19(14-18)15-27-21-7-5-20(26)6-8-21/h3-15,30H,1-2H3. The number of nitrogens with zero attached hydrogens (tertiary/aromatic N) is 3. The summed E-state index contributed by atoms with van der Waals surface area (Å²) < 4.78 is 13.1. The smallest absolute Gasteiger partial charge is 0.124 e. The predicted octanol–water partition coefficient (Wildman–Crippen LogP) is 6.02. The van der Waals surface area contributed by atoms with Gasteiger partial charge in [-0.25, -0.2) is 4.39 Å². The van der Waals surface area contributed by atoms with Crippen molar-refractivity contribution in [1.29, 1.82) is 0 Å². The number of benzene rings is 3. The highest BCUT2D eigenvalue weighted by Gasteiger charge is 2.13. The van der Waals surface area contributed by atoms with Crippen LogP contribution in [0.4, 0.5) is 10.1 Å². The van der Waals surface area contributed by atoms with E-state index < -0.39 is 0 Å². The first-order valence-electron chi connectivity index (χ1n) is 9.53. The molecule has 148 valence electrons. The summed E-state index contributed by atoms with van der Waals surface area (Å²) in [6.45, 7) is 4.14. The molecular formula is C25H20FN3O. The highest BCUT2D eigenvalue weighted by Crippen LogP contribution is 2.33. The lowest BCUT2D eigenvalue weighted by atomic mass is 9.95. The predicted molar refractivity (Wildman–Crippen MR) is 118 cm³/mol. The van der Waals surface area contributed by atoms with Gasteiger partial charge < -0.3 is 5.11 Å². The minimum Gasteiger partial charge on any atom is -0.507 e. The normalized spacial score (nSPS) is 11.2. The third-order valence-electron chi connectivity index (χ3n) is 4.87. The van der Waals surface area contributed by atoms with Crippen LogP contribution in [-0.4, -0.2) is 21.5 Å². The van der Waals surface area contributed by atoms with Crippen molar-refractivity contribution in [2.75, 3.05) is 0 Å². The van der Waals surface area contributed by atoms with Crippen LogP contribution in [0.5, 0.6) is 5.75 Å². The van der Waals surface area contributed by atoms with Gasteiger partial charge in [0.2, 0.25) is 0 Å². The zero-order chi connectivity index (χ0) is 21.1. The largest absolute Gasteiger partial charge is 0.507 e. The van der Waals surface area contributed by atoms with Gasteiger partial charge in [-0.1, -0.05) is 23.8 Å². The van der Waals surface area contributed by atoms with Crippen LogP contribution in [0, 0.1) is 19.7 Å². The zero-order valence-electron chi connectivity index (χ0n) is 16.7. The number of aryl methyl sites for hydroxylation is 2. The molecule has 0 saturated heterocycles. The van der Waals surface area contributed by atoms with E-state index in [-0.39, 0.29) is 11.6 Å². The Bertz CT molecular complexity index is 1230. The molecule has 0 atom stereocenters. The van der Waals surface area contributed by atoms with Gasteiger partial charge in [0.05, 0.1) is 11.9 Å². The molecule has 0 bridgehead atoms. The molecule has 1 aromatic heterocycles. The van der Waals surface area contributed by atoms with Crippen molar-refractivity contribution in [3.8, 4) is 28.1 Å². The Hall–Kier alpha value is -3.86. The number of aromatic nitrogens is 2. The Balaban J connectivity index is 1.75. The summed E-state index contributed by atoms with van der Waals surface area (Å²) in [5.41, 5.74) is 7.07. The first kappa shape index (κ1) is 19.5. The first-order valence-corrected chi connectivity index (χ1v) is 9.53. The molecule has 0 saturated carbocycles. The van der Waals surface area contributed by atoms with Gasteiger partial charge in [0.15, 0.2) is 0 Å². The number of phenolic OH excluding ortho intramolecular Hbond substituents is 1. The second-order valence-electron chi connectivity index (χ2n) is 7.12. The van der Waals surface area contributed by atoms with Crippen molar-refractivity contribution in [3.63, 3.8) is 0 Å². The molecule has 30 heavy (non-hydrogen) atoms. The maximum Gasteiger partial charge on any atom is 0.124 e. The van der Waals surface area contributed by atoms with E-state index in [0.717, 1.165) is 27.9 Å². The molecule has 4 nitrogen and oxygen atoms in total. The Labute approximate surface area is 174 Å². The summed E-state index contributed by atoms with van der Waals surface area (Å²) in [5.74, 6) is -0.220. The topological polar surface area (TPSA) is 58.4 Å². The van der Waals surface area contributed by atoms with Gasteiger partial charge in [-0.15, -0.1) is 5.10 Å². The quantitative estimate of drug-likeness (QED) is 0.428. The van der Waals surface area contributed by atoms with Crippen molar-refractivity contribution in [2.45, 2.75) is 13.8 Å². The summed E-state index contributed by atoms with van der Waals surface area (Å²) in [5, 5.41) is 18.7. The van der Waals surface area contributed by atoms with Crippen LogP contribution < -0.4 is 0 Å². The molecule has 0 radical (unpaired) electrons. The van der Waals surface area contributed by atoms with Gasteiger partial charge >= 0.3 is 0 Å². The van der Waals surface area contributed by atoms with E-state index in [0.29, 0.717) is 11.3 Å². The average molecular weight is 397 g/mol. The first-order chi connectivity index (χ1) is 14.5. The van der Waals surface area contributed by atoms with Crippen molar-refractivity contribution in [2.24, 2.45) is 4.99 Å². The number of halogens is 1. The molecule has 0 amide bonds. The maximum absolute atomic E-state index is 13.1. The third-order valence-corrected chi connectivity index (χ3v) is 4.87.